The number of hydrogen-bond donors (Lipinski definition) is 2. The Morgan fingerprint density at radius 1 is 1.30 bits per heavy atom. The lowest BCUT2D eigenvalue weighted by molar-refractivity contribution is 0.413. The van der Waals surface area contributed by atoms with E-state index < -0.39 is 5.82 Å². The van der Waals surface area contributed by atoms with Gasteiger partial charge in [-0.15, -0.1) is 11.8 Å². The van der Waals surface area contributed by atoms with Crippen molar-refractivity contribution >= 4 is 17.6 Å². The van der Waals surface area contributed by atoms with Gasteiger partial charge in [0.2, 0.25) is 0 Å². The van der Waals surface area contributed by atoms with Crippen LogP contribution in [-0.2, 0) is 5.75 Å². The summed E-state index contributed by atoms with van der Waals surface area (Å²) in [5.41, 5.74) is 6.03. The molecule has 0 atom stereocenters. The highest BCUT2D eigenvalue weighted by Crippen LogP contribution is 2.27. The summed E-state index contributed by atoms with van der Waals surface area (Å²) < 4.78 is 19.3. The second kappa shape index (κ2) is 6.43. The number of hydrogen-bond acceptors (Lipinski definition) is 3. The lowest BCUT2D eigenvalue weighted by Gasteiger charge is -2.08. The fraction of sp³-hybridized carbons (Fsp3) is 0.133. The third-order valence-electron chi connectivity index (χ3n) is 2.80. The van der Waals surface area contributed by atoms with Crippen molar-refractivity contribution in [3.05, 3.63) is 59.4 Å². The van der Waals surface area contributed by atoms with Crippen LogP contribution in [0, 0.1) is 11.2 Å². The van der Waals surface area contributed by atoms with Gasteiger partial charge in [0.1, 0.15) is 17.4 Å². The fourth-order valence-electron chi connectivity index (χ4n) is 1.75. The largest absolute Gasteiger partial charge is 0.497 e. The monoisotopic (exact) mass is 290 g/mol. The Kier molecular flexibility index (Phi) is 4.63. The van der Waals surface area contributed by atoms with E-state index in [1.807, 2.05) is 24.3 Å². The van der Waals surface area contributed by atoms with Crippen molar-refractivity contribution in [1.82, 2.24) is 0 Å². The summed E-state index contributed by atoms with van der Waals surface area (Å²) in [6.45, 7) is 0. The van der Waals surface area contributed by atoms with E-state index in [-0.39, 0.29) is 11.4 Å². The van der Waals surface area contributed by atoms with Gasteiger partial charge < -0.3 is 10.5 Å². The zero-order valence-electron chi connectivity index (χ0n) is 11.0. The first-order valence-electron chi connectivity index (χ1n) is 6.00. The Morgan fingerprint density at radius 3 is 2.75 bits per heavy atom. The molecule has 0 amide bonds. The Hall–Kier alpha value is -2.01. The first-order chi connectivity index (χ1) is 9.61. The van der Waals surface area contributed by atoms with Gasteiger partial charge in [-0.1, -0.05) is 18.2 Å². The summed E-state index contributed by atoms with van der Waals surface area (Å²) in [6, 6.07) is 12.5. The van der Waals surface area contributed by atoms with Crippen molar-refractivity contribution in [3.8, 4) is 5.75 Å². The number of rotatable bonds is 5. The van der Waals surface area contributed by atoms with E-state index in [1.165, 1.54) is 17.8 Å². The summed E-state index contributed by atoms with van der Waals surface area (Å²) in [6.07, 6.45) is 0. The minimum absolute atomic E-state index is 0.147. The molecule has 3 N–H and O–H groups in total. The fourth-order valence-corrected chi connectivity index (χ4v) is 2.67. The van der Waals surface area contributed by atoms with Gasteiger partial charge in [0, 0.05) is 10.6 Å². The molecule has 0 unspecified atom stereocenters. The van der Waals surface area contributed by atoms with E-state index in [2.05, 4.69) is 0 Å². The van der Waals surface area contributed by atoms with Gasteiger partial charge in [-0.25, -0.2) is 4.39 Å². The van der Waals surface area contributed by atoms with E-state index in [9.17, 15) is 4.39 Å². The Labute approximate surface area is 121 Å². The lowest BCUT2D eigenvalue weighted by Crippen LogP contribution is -2.14. The van der Waals surface area contributed by atoms with Crippen molar-refractivity contribution in [2.75, 3.05) is 7.11 Å². The topological polar surface area (TPSA) is 59.1 Å². The number of benzene rings is 2. The molecule has 20 heavy (non-hydrogen) atoms. The van der Waals surface area contributed by atoms with Gasteiger partial charge >= 0.3 is 0 Å². The lowest BCUT2D eigenvalue weighted by atomic mass is 10.1. The Balaban J connectivity index is 2.14. The molecular weight excluding hydrogens is 275 g/mol. The molecule has 0 aliphatic heterocycles. The number of nitrogen functional groups attached to an aromatic ring is 1. The molecule has 2 rings (SSSR count). The zero-order valence-corrected chi connectivity index (χ0v) is 11.8. The second-order valence-corrected chi connectivity index (χ2v) is 5.21. The highest BCUT2D eigenvalue weighted by molar-refractivity contribution is 7.98. The van der Waals surface area contributed by atoms with Gasteiger partial charge in [0.15, 0.2) is 0 Å². The highest BCUT2D eigenvalue weighted by Gasteiger charge is 2.10. The zero-order chi connectivity index (χ0) is 14.5. The van der Waals surface area contributed by atoms with Crippen LogP contribution in [0.1, 0.15) is 11.1 Å². The third kappa shape index (κ3) is 3.30. The molecule has 0 heterocycles. The minimum Gasteiger partial charge on any atom is -0.497 e. The molecule has 2 aromatic carbocycles. The molecule has 0 aliphatic rings. The van der Waals surface area contributed by atoms with E-state index in [4.69, 9.17) is 15.9 Å². The molecule has 3 nitrogen and oxygen atoms in total. The molecule has 0 fully saturated rings. The molecular formula is C15H15FN2OS. The Bertz CT molecular complexity index is 631. The molecule has 5 heteroatoms. The molecule has 0 radical (unpaired) electrons. The summed E-state index contributed by atoms with van der Waals surface area (Å²) >= 11 is 1.51. The van der Waals surface area contributed by atoms with Crippen LogP contribution in [0.25, 0.3) is 0 Å². The predicted octanol–water partition coefficient (Wildman–Crippen LogP) is 3.41. The third-order valence-corrected chi connectivity index (χ3v) is 3.85. The molecule has 0 aromatic heterocycles. The summed E-state index contributed by atoms with van der Waals surface area (Å²) in [7, 11) is 1.61. The van der Waals surface area contributed by atoms with Gasteiger partial charge in [0.25, 0.3) is 0 Å². The summed E-state index contributed by atoms with van der Waals surface area (Å²) in [5.74, 6) is 0.569. The number of ether oxygens (including phenoxy) is 1. The van der Waals surface area contributed by atoms with Crippen molar-refractivity contribution < 1.29 is 9.13 Å². The molecule has 0 aliphatic carbocycles. The SMILES string of the molecule is COc1cccc(SCc2cccc(C(=N)N)c2F)c1. The maximum absolute atomic E-state index is 14.1. The van der Waals surface area contributed by atoms with E-state index in [0.29, 0.717) is 11.3 Å². The van der Waals surface area contributed by atoms with Crippen LogP contribution >= 0.6 is 11.8 Å². The average Bonchev–Trinajstić information content (AvgIpc) is 2.46. The van der Waals surface area contributed by atoms with E-state index >= 15 is 0 Å². The smallest absolute Gasteiger partial charge is 0.138 e. The van der Waals surface area contributed by atoms with Crippen LogP contribution in [-0.4, -0.2) is 12.9 Å². The quantitative estimate of drug-likeness (QED) is 0.504. The number of thioether (sulfide) groups is 1. The number of nitrogens with two attached hydrogens (primary N) is 1. The van der Waals surface area contributed by atoms with Gasteiger partial charge in [-0.2, -0.15) is 0 Å². The summed E-state index contributed by atoms with van der Waals surface area (Å²) in [4.78, 5) is 0.997. The number of halogens is 1. The van der Waals surface area contributed by atoms with Crippen LogP contribution < -0.4 is 10.5 Å². The van der Waals surface area contributed by atoms with Crippen molar-refractivity contribution in [1.29, 1.82) is 5.41 Å². The van der Waals surface area contributed by atoms with Crippen LogP contribution in [0.5, 0.6) is 5.75 Å². The standard InChI is InChI=1S/C15H15FN2OS/c1-19-11-5-3-6-12(8-11)20-9-10-4-2-7-13(14(10)16)15(17)18/h2-8H,9H2,1H3,(H3,17,18). The van der Waals surface area contributed by atoms with Crippen LogP contribution in [0.2, 0.25) is 0 Å². The van der Waals surface area contributed by atoms with E-state index in [0.717, 1.165) is 10.6 Å². The molecule has 0 spiro atoms. The molecule has 2 aromatic rings. The highest BCUT2D eigenvalue weighted by atomic mass is 32.2. The molecule has 0 saturated heterocycles. The molecule has 0 saturated carbocycles. The second-order valence-electron chi connectivity index (χ2n) is 4.16. The van der Waals surface area contributed by atoms with Gasteiger partial charge in [-0.05, 0) is 29.8 Å². The van der Waals surface area contributed by atoms with Crippen molar-refractivity contribution in [2.24, 2.45) is 5.73 Å². The van der Waals surface area contributed by atoms with Crippen LogP contribution in [0.4, 0.5) is 4.39 Å². The summed E-state index contributed by atoms with van der Waals surface area (Å²) in [5, 5.41) is 7.34. The predicted molar refractivity (Wildman–Crippen MR) is 80.0 cm³/mol. The van der Waals surface area contributed by atoms with Gasteiger partial charge in [0.05, 0.1) is 12.7 Å². The normalized spacial score (nSPS) is 10.3. The maximum atomic E-state index is 14.1. The number of amidine groups is 1. The molecule has 104 valence electrons. The van der Waals surface area contributed by atoms with Crippen LogP contribution in [0.3, 0.4) is 0 Å². The maximum Gasteiger partial charge on any atom is 0.138 e. The number of methoxy groups -OCH3 is 1. The van der Waals surface area contributed by atoms with Crippen LogP contribution in [0.15, 0.2) is 47.4 Å². The van der Waals surface area contributed by atoms with Crippen molar-refractivity contribution in [3.63, 3.8) is 0 Å². The Morgan fingerprint density at radius 2 is 2.05 bits per heavy atom. The first-order valence-corrected chi connectivity index (χ1v) is 6.99. The molecule has 0 bridgehead atoms. The average molecular weight is 290 g/mol. The van der Waals surface area contributed by atoms with Crippen molar-refractivity contribution in [2.45, 2.75) is 10.6 Å². The number of nitrogens with one attached hydrogen (secondary N) is 1. The first kappa shape index (κ1) is 14.4. The minimum atomic E-state index is -0.421. The van der Waals surface area contributed by atoms with Gasteiger partial charge in [-0.3, -0.25) is 5.41 Å². The van der Waals surface area contributed by atoms with E-state index in [1.54, 1.807) is 19.2 Å².